The molecule has 0 aliphatic carbocycles. The number of hydrogen-bond acceptors (Lipinski definition) is 7. The van der Waals surface area contributed by atoms with Gasteiger partial charge >= 0.3 is 6.09 Å². The van der Waals surface area contributed by atoms with Crippen molar-refractivity contribution in [2.75, 3.05) is 31.6 Å². The predicted molar refractivity (Wildman–Crippen MR) is 105 cm³/mol. The van der Waals surface area contributed by atoms with Crippen LogP contribution < -0.4 is 10.6 Å². The molecule has 0 spiro atoms. The van der Waals surface area contributed by atoms with Crippen molar-refractivity contribution in [3.8, 4) is 0 Å². The zero-order valence-electron chi connectivity index (χ0n) is 15.9. The summed E-state index contributed by atoms with van der Waals surface area (Å²) in [5.41, 5.74) is 1.14. The average Bonchev–Trinajstić information content (AvgIpc) is 2.95. The number of nitrogens with one attached hydrogen (secondary N) is 2. The first kappa shape index (κ1) is 19.3. The molecular weight excluding hydrogens is 366 g/mol. The summed E-state index contributed by atoms with van der Waals surface area (Å²) in [7, 11) is 0. The summed E-state index contributed by atoms with van der Waals surface area (Å²) < 4.78 is 5.01. The van der Waals surface area contributed by atoms with E-state index >= 15 is 0 Å². The number of ether oxygens (including phenoxy) is 1. The summed E-state index contributed by atoms with van der Waals surface area (Å²) in [5, 5.41) is 7.14. The molecule has 8 nitrogen and oxygen atoms in total. The van der Waals surface area contributed by atoms with Gasteiger partial charge in [0.15, 0.2) is 0 Å². The summed E-state index contributed by atoms with van der Waals surface area (Å²) in [6.45, 7) is 7.61. The van der Waals surface area contributed by atoms with Gasteiger partial charge in [0.05, 0.1) is 18.5 Å². The number of aromatic nitrogens is 2. The van der Waals surface area contributed by atoms with E-state index in [0.29, 0.717) is 25.5 Å². The second-order valence-corrected chi connectivity index (χ2v) is 7.77. The van der Waals surface area contributed by atoms with Gasteiger partial charge in [-0.15, -0.1) is 11.3 Å². The molecular formula is C18H25N5O3S. The number of fused-ring (bicyclic) bond motifs is 1. The third kappa shape index (κ3) is 4.47. The Labute approximate surface area is 162 Å². The average molecular weight is 391 g/mol. The molecule has 2 N–H and O–H groups in total. The second kappa shape index (κ2) is 8.51. The molecule has 0 atom stereocenters. The zero-order chi connectivity index (χ0) is 19.4. The van der Waals surface area contributed by atoms with Crippen LogP contribution in [-0.2, 0) is 9.53 Å². The van der Waals surface area contributed by atoms with Gasteiger partial charge in [-0.2, -0.15) is 0 Å². The summed E-state index contributed by atoms with van der Waals surface area (Å²) in [6.07, 6.45) is 2.69. The molecule has 1 saturated heterocycles. The Bertz CT molecular complexity index is 830. The first-order valence-corrected chi connectivity index (χ1v) is 9.96. The number of amides is 2. The lowest BCUT2D eigenvalue weighted by Gasteiger charge is -2.31. The van der Waals surface area contributed by atoms with Crippen molar-refractivity contribution in [3.05, 3.63) is 16.8 Å². The van der Waals surface area contributed by atoms with Crippen molar-refractivity contribution in [1.82, 2.24) is 20.2 Å². The Kier molecular flexibility index (Phi) is 6.10. The van der Waals surface area contributed by atoms with Gasteiger partial charge in [0.25, 0.3) is 0 Å². The van der Waals surface area contributed by atoms with Gasteiger partial charge in [-0.05, 0) is 39.2 Å². The quantitative estimate of drug-likeness (QED) is 0.813. The topological polar surface area (TPSA) is 96.5 Å². The molecule has 3 heterocycles. The minimum atomic E-state index is -0.279. The van der Waals surface area contributed by atoms with Gasteiger partial charge in [0.1, 0.15) is 17.0 Å². The summed E-state index contributed by atoms with van der Waals surface area (Å²) in [4.78, 5) is 36.4. The van der Waals surface area contributed by atoms with E-state index in [0.717, 1.165) is 28.6 Å². The van der Waals surface area contributed by atoms with E-state index in [4.69, 9.17) is 4.74 Å². The van der Waals surface area contributed by atoms with Gasteiger partial charge in [0, 0.05) is 24.0 Å². The molecule has 0 radical (unpaired) electrons. The second-order valence-electron chi connectivity index (χ2n) is 6.57. The third-order valence-electron chi connectivity index (χ3n) is 4.77. The van der Waals surface area contributed by atoms with E-state index in [1.807, 2.05) is 6.92 Å². The molecule has 27 heavy (non-hydrogen) atoms. The first-order valence-electron chi connectivity index (χ1n) is 9.15. The highest BCUT2D eigenvalue weighted by atomic mass is 32.1. The van der Waals surface area contributed by atoms with Gasteiger partial charge in [-0.25, -0.2) is 14.8 Å². The van der Waals surface area contributed by atoms with Crippen molar-refractivity contribution < 1.29 is 14.3 Å². The molecule has 0 unspecified atom stereocenters. The number of hydrogen-bond donors (Lipinski definition) is 2. The van der Waals surface area contributed by atoms with Gasteiger partial charge in [0.2, 0.25) is 5.91 Å². The van der Waals surface area contributed by atoms with Crippen LogP contribution in [0.25, 0.3) is 10.2 Å². The summed E-state index contributed by atoms with van der Waals surface area (Å²) in [5.74, 6) is 0.607. The number of rotatable bonds is 5. The van der Waals surface area contributed by atoms with Gasteiger partial charge in [-0.1, -0.05) is 0 Å². The summed E-state index contributed by atoms with van der Waals surface area (Å²) >= 11 is 1.63. The highest BCUT2D eigenvalue weighted by Gasteiger charge is 2.24. The fraction of sp³-hybridized carbons (Fsp3) is 0.556. The Balaban J connectivity index is 1.51. The number of nitrogens with zero attached hydrogens (tertiary/aromatic N) is 3. The number of carbonyl (C=O) groups excluding carboxylic acids is 2. The van der Waals surface area contributed by atoms with Gasteiger partial charge < -0.3 is 20.3 Å². The lowest BCUT2D eigenvalue weighted by atomic mass is 10.1. The maximum absolute atomic E-state index is 12.3. The van der Waals surface area contributed by atoms with E-state index in [-0.39, 0.29) is 24.6 Å². The van der Waals surface area contributed by atoms with Crippen LogP contribution in [0.1, 0.15) is 30.2 Å². The molecule has 1 aliphatic rings. The fourth-order valence-electron chi connectivity index (χ4n) is 3.18. The fourth-order valence-corrected chi connectivity index (χ4v) is 4.18. The van der Waals surface area contributed by atoms with Crippen LogP contribution in [-0.4, -0.2) is 59.2 Å². The predicted octanol–water partition coefficient (Wildman–Crippen LogP) is 2.46. The third-order valence-corrected chi connectivity index (χ3v) is 5.88. The van der Waals surface area contributed by atoms with Crippen molar-refractivity contribution in [1.29, 1.82) is 0 Å². The lowest BCUT2D eigenvalue weighted by molar-refractivity contribution is -0.120. The molecule has 2 aromatic rings. The van der Waals surface area contributed by atoms with Crippen LogP contribution in [0.3, 0.4) is 0 Å². The van der Waals surface area contributed by atoms with Crippen LogP contribution in [0.4, 0.5) is 10.6 Å². The van der Waals surface area contributed by atoms with Crippen molar-refractivity contribution in [2.45, 2.75) is 39.7 Å². The Morgan fingerprint density at radius 3 is 2.74 bits per heavy atom. The van der Waals surface area contributed by atoms with Crippen LogP contribution >= 0.6 is 11.3 Å². The number of anilines is 1. The SMILES string of the molecule is CCOC(=O)N1CCC(NC(=O)CNc2ncnc3sc(C)c(C)c23)CC1. The van der Waals surface area contributed by atoms with E-state index in [9.17, 15) is 9.59 Å². The molecule has 0 saturated carbocycles. The highest BCUT2D eigenvalue weighted by molar-refractivity contribution is 7.18. The molecule has 2 aromatic heterocycles. The maximum Gasteiger partial charge on any atom is 0.409 e. The van der Waals surface area contributed by atoms with Crippen LogP contribution in [0.5, 0.6) is 0 Å². The van der Waals surface area contributed by atoms with Crippen LogP contribution in [0.2, 0.25) is 0 Å². The highest BCUT2D eigenvalue weighted by Crippen LogP contribution is 2.32. The van der Waals surface area contributed by atoms with Crippen molar-refractivity contribution in [3.63, 3.8) is 0 Å². The molecule has 0 aromatic carbocycles. The van der Waals surface area contributed by atoms with E-state index in [1.54, 1.807) is 23.2 Å². The lowest BCUT2D eigenvalue weighted by Crippen LogP contribution is -2.47. The van der Waals surface area contributed by atoms with E-state index in [1.165, 1.54) is 11.2 Å². The molecule has 1 fully saturated rings. The smallest absolute Gasteiger partial charge is 0.409 e. The number of carbonyl (C=O) groups is 2. The monoisotopic (exact) mass is 391 g/mol. The number of thiophene rings is 1. The first-order chi connectivity index (χ1) is 13.0. The number of likely N-dealkylation sites (tertiary alicyclic amines) is 1. The standard InChI is InChI=1S/C18H25N5O3S/c1-4-26-18(25)23-7-5-13(6-8-23)22-14(24)9-19-16-15-11(2)12(3)27-17(15)21-10-20-16/h10,13H,4-9H2,1-3H3,(H,22,24)(H,19,20,21). The van der Waals surface area contributed by atoms with Crippen LogP contribution in [0, 0.1) is 13.8 Å². The molecule has 9 heteroatoms. The molecule has 2 amide bonds. The van der Waals surface area contributed by atoms with E-state index < -0.39 is 0 Å². The number of aryl methyl sites for hydroxylation is 2. The maximum atomic E-state index is 12.3. The number of piperidine rings is 1. The Morgan fingerprint density at radius 2 is 2.04 bits per heavy atom. The minimum Gasteiger partial charge on any atom is -0.450 e. The largest absolute Gasteiger partial charge is 0.450 e. The van der Waals surface area contributed by atoms with Crippen LogP contribution in [0.15, 0.2) is 6.33 Å². The van der Waals surface area contributed by atoms with Gasteiger partial charge in [-0.3, -0.25) is 4.79 Å². The Hall–Kier alpha value is -2.42. The zero-order valence-corrected chi connectivity index (χ0v) is 16.7. The molecule has 146 valence electrons. The van der Waals surface area contributed by atoms with E-state index in [2.05, 4.69) is 27.5 Å². The van der Waals surface area contributed by atoms with Crippen molar-refractivity contribution >= 4 is 39.4 Å². The Morgan fingerprint density at radius 1 is 1.30 bits per heavy atom. The summed E-state index contributed by atoms with van der Waals surface area (Å²) in [6, 6.07) is 0.0699. The normalized spacial score (nSPS) is 15.0. The van der Waals surface area contributed by atoms with Crippen molar-refractivity contribution in [2.24, 2.45) is 0 Å². The molecule has 3 rings (SSSR count). The minimum absolute atomic E-state index is 0.0699. The molecule has 0 bridgehead atoms. The molecule has 1 aliphatic heterocycles.